The number of amides is 2. The zero-order chi connectivity index (χ0) is 13.0. The topological polar surface area (TPSA) is 67.4 Å². The molecule has 0 radical (unpaired) electrons. The molecule has 0 saturated carbocycles. The Morgan fingerprint density at radius 1 is 1.28 bits per heavy atom. The van der Waals surface area contributed by atoms with Crippen molar-refractivity contribution in [2.45, 2.75) is 6.92 Å². The number of nitrogens with one attached hydrogen (secondary N) is 2. The van der Waals surface area contributed by atoms with Gasteiger partial charge in [-0.1, -0.05) is 18.2 Å². The van der Waals surface area contributed by atoms with Crippen LogP contribution >= 0.6 is 11.3 Å². The summed E-state index contributed by atoms with van der Waals surface area (Å²) < 4.78 is 5.65. The molecule has 2 rings (SSSR count). The molecule has 2 amide bonds. The predicted molar refractivity (Wildman–Crippen MR) is 69.4 cm³/mol. The maximum atomic E-state index is 11.8. The standard InChI is InChI=1S/C12H12N2O3S/c1-2-17-12(16)14-13-11(15)10-7-8-5-3-4-6-9(8)18-10/h3-7H,2H2,1H3,(H,13,15)(H,14,16). The summed E-state index contributed by atoms with van der Waals surface area (Å²) in [5.41, 5.74) is 4.46. The van der Waals surface area contributed by atoms with E-state index in [1.165, 1.54) is 11.3 Å². The fraction of sp³-hybridized carbons (Fsp3) is 0.167. The van der Waals surface area contributed by atoms with Gasteiger partial charge in [-0.25, -0.2) is 10.2 Å². The minimum atomic E-state index is -0.674. The quantitative estimate of drug-likeness (QED) is 0.818. The van der Waals surface area contributed by atoms with Crippen LogP contribution in [0.15, 0.2) is 30.3 Å². The SMILES string of the molecule is CCOC(=O)NNC(=O)c1cc2ccccc2s1. The number of ether oxygens (including phenoxy) is 1. The van der Waals surface area contributed by atoms with Gasteiger partial charge in [0.05, 0.1) is 11.5 Å². The summed E-state index contributed by atoms with van der Waals surface area (Å²) in [5.74, 6) is -0.357. The van der Waals surface area contributed by atoms with E-state index >= 15 is 0 Å². The third kappa shape index (κ3) is 2.78. The van der Waals surface area contributed by atoms with Gasteiger partial charge in [-0.05, 0) is 24.4 Å². The summed E-state index contributed by atoms with van der Waals surface area (Å²) in [5, 5.41) is 1.00. The Morgan fingerprint density at radius 3 is 2.78 bits per heavy atom. The first-order valence-corrected chi connectivity index (χ1v) is 6.24. The van der Waals surface area contributed by atoms with Crippen LogP contribution in [0.4, 0.5) is 4.79 Å². The molecule has 18 heavy (non-hydrogen) atoms. The van der Waals surface area contributed by atoms with E-state index in [0.29, 0.717) is 4.88 Å². The van der Waals surface area contributed by atoms with Crippen LogP contribution < -0.4 is 10.9 Å². The summed E-state index contributed by atoms with van der Waals surface area (Å²) in [6.45, 7) is 1.94. The summed E-state index contributed by atoms with van der Waals surface area (Å²) in [4.78, 5) is 23.3. The molecule has 94 valence electrons. The minimum Gasteiger partial charge on any atom is -0.449 e. The molecule has 0 atom stereocenters. The van der Waals surface area contributed by atoms with E-state index in [1.54, 1.807) is 13.0 Å². The van der Waals surface area contributed by atoms with E-state index in [9.17, 15) is 9.59 Å². The van der Waals surface area contributed by atoms with E-state index in [4.69, 9.17) is 0 Å². The Kier molecular flexibility index (Phi) is 3.78. The van der Waals surface area contributed by atoms with Gasteiger partial charge in [0.1, 0.15) is 0 Å². The molecular weight excluding hydrogens is 252 g/mol. The van der Waals surface area contributed by atoms with E-state index in [2.05, 4.69) is 15.6 Å². The van der Waals surface area contributed by atoms with Crippen molar-refractivity contribution in [3.8, 4) is 0 Å². The molecular formula is C12H12N2O3S. The van der Waals surface area contributed by atoms with Gasteiger partial charge in [-0.3, -0.25) is 10.2 Å². The maximum Gasteiger partial charge on any atom is 0.426 e. The monoisotopic (exact) mass is 264 g/mol. The predicted octanol–water partition coefficient (Wildman–Crippen LogP) is 2.29. The minimum absolute atomic E-state index is 0.255. The third-order valence-corrected chi connectivity index (χ3v) is 3.32. The van der Waals surface area contributed by atoms with Crippen LogP contribution in [-0.2, 0) is 4.74 Å². The molecule has 0 saturated heterocycles. The Hall–Kier alpha value is -2.08. The first-order valence-electron chi connectivity index (χ1n) is 5.42. The zero-order valence-corrected chi connectivity index (χ0v) is 10.5. The molecule has 0 aliphatic rings. The number of carbonyl (C=O) groups is 2. The molecule has 0 aliphatic carbocycles. The van der Waals surface area contributed by atoms with Crippen molar-refractivity contribution < 1.29 is 14.3 Å². The van der Waals surface area contributed by atoms with Crippen LogP contribution in [-0.4, -0.2) is 18.6 Å². The number of thiophene rings is 1. The largest absolute Gasteiger partial charge is 0.449 e. The van der Waals surface area contributed by atoms with Crippen molar-refractivity contribution in [3.05, 3.63) is 35.2 Å². The summed E-state index contributed by atoms with van der Waals surface area (Å²) in [6, 6.07) is 9.48. The highest BCUT2D eigenvalue weighted by molar-refractivity contribution is 7.20. The number of hydrogen-bond donors (Lipinski definition) is 2. The molecule has 1 aromatic heterocycles. The Labute approximate surface area is 108 Å². The van der Waals surface area contributed by atoms with Crippen LogP contribution in [0.5, 0.6) is 0 Å². The summed E-state index contributed by atoms with van der Waals surface area (Å²) in [7, 11) is 0. The lowest BCUT2D eigenvalue weighted by Gasteiger charge is -2.05. The molecule has 2 N–H and O–H groups in total. The summed E-state index contributed by atoms with van der Waals surface area (Å²) in [6.07, 6.45) is -0.674. The first-order chi connectivity index (χ1) is 8.70. The van der Waals surface area contributed by atoms with Crippen molar-refractivity contribution in [1.29, 1.82) is 0 Å². The highest BCUT2D eigenvalue weighted by Gasteiger charge is 2.10. The number of rotatable bonds is 2. The van der Waals surface area contributed by atoms with Crippen LogP contribution in [0.25, 0.3) is 10.1 Å². The van der Waals surface area contributed by atoms with Gasteiger partial charge in [-0.15, -0.1) is 11.3 Å². The molecule has 0 spiro atoms. The number of carbonyl (C=O) groups excluding carboxylic acids is 2. The molecule has 0 aliphatic heterocycles. The van der Waals surface area contributed by atoms with Gasteiger partial charge in [0, 0.05) is 4.70 Å². The van der Waals surface area contributed by atoms with E-state index in [-0.39, 0.29) is 12.5 Å². The average Bonchev–Trinajstić information content (AvgIpc) is 2.80. The highest BCUT2D eigenvalue weighted by Crippen LogP contribution is 2.24. The van der Waals surface area contributed by atoms with Crippen molar-refractivity contribution in [2.75, 3.05) is 6.61 Å². The van der Waals surface area contributed by atoms with Crippen molar-refractivity contribution in [2.24, 2.45) is 0 Å². The van der Waals surface area contributed by atoms with Crippen LogP contribution in [0.2, 0.25) is 0 Å². The van der Waals surface area contributed by atoms with Gasteiger partial charge in [0.15, 0.2) is 0 Å². The molecule has 0 fully saturated rings. The molecule has 1 aromatic carbocycles. The third-order valence-electron chi connectivity index (χ3n) is 2.20. The second-order valence-electron chi connectivity index (χ2n) is 3.45. The maximum absolute atomic E-state index is 11.8. The van der Waals surface area contributed by atoms with Crippen LogP contribution in [0.3, 0.4) is 0 Å². The lowest BCUT2D eigenvalue weighted by atomic mass is 10.2. The van der Waals surface area contributed by atoms with Crippen molar-refractivity contribution in [3.63, 3.8) is 0 Å². The fourth-order valence-electron chi connectivity index (χ4n) is 1.43. The molecule has 6 heteroatoms. The lowest BCUT2D eigenvalue weighted by molar-refractivity contribution is 0.0916. The van der Waals surface area contributed by atoms with E-state index in [0.717, 1.165) is 10.1 Å². The normalized spacial score (nSPS) is 10.1. The Morgan fingerprint density at radius 2 is 2.06 bits per heavy atom. The smallest absolute Gasteiger partial charge is 0.426 e. The molecule has 0 bridgehead atoms. The highest BCUT2D eigenvalue weighted by atomic mass is 32.1. The van der Waals surface area contributed by atoms with Crippen LogP contribution in [0, 0.1) is 0 Å². The van der Waals surface area contributed by atoms with Crippen molar-refractivity contribution >= 4 is 33.4 Å². The lowest BCUT2D eigenvalue weighted by Crippen LogP contribution is -2.41. The second kappa shape index (κ2) is 5.50. The first kappa shape index (κ1) is 12.4. The van der Waals surface area contributed by atoms with Crippen LogP contribution in [0.1, 0.15) is 16.6 Å². The Bertz CT molecular complexity index is 546. The van der Waals surface area contributed by atoms with Crippen molar-refractivity contribution in [1.82, 2.24) is 10.9 Å². The molecule has 1 heterocycles. The Balaban J connectivity index is 2.02. The van der Waals surface area contributed by atoms with Gasteiger partial charge in [-0.2, -0.15) is 0 Å². The van der Waals surface area contributed by atoms with Gasteiger partial charge in [0.25, 0.3) is 5.91 Å². The second-order valence-corrected chi connectivity index (χ2v) is 4.53. The zero-order valence-electron chi connectivity index (χ0n) is 9.73. The average molecular weight is 264 g/mol. The molecule has 0 unspecified atom stereocenters. The molecule has 5 nitrogen and oxygen atoms in total. The number of benzene rings is 1. The summed E-state index contributed by atoms with van der Waals surface area (Å²) >= 11 is 1.37. The number of fused-ring (bicyclic) bond motifs is 1. The fourth-order valence-corrected chi connectivity index (χ4v) is 2.39. The van der Waals surface area contributed by atoms with Gasteiger partial charge in [0.2, 0.25) is 0 Å². The van der Waals surface area contributed by atoms with E-state index < -0.39 is 6.09 Å². The molecule has 2 aromatic rings. The van der Waals surface area contributed by atoms with Gasteiger partial charge < -0.3 is 4.74 Å². The number of hydrazine groups is 1. The van der Waals surface area contributed by atoms with Gasteiger partial charge >= 0.3 is 6.09 Å². The number of hydrogen-bond acceptors (Lipinski definition) is 4. The van der Waals surface area contributed by atoms with E-state index in [1.807, 2.05) is 24.3 Å².